The standard InChI is InChI=1S/C25H23ClN4O2/c26-21-4-2-1-3-19(21)18-14-27-24(28-15-18)30-16-25(7-8-25)20-6-5-17(13-22(20)30)23(31)29-9-11-32-12-10-29/h1-6,13-15H,7-12,16H2. The topological polar surface area (TPSA) is 58.6 Å². The summed E-state index contributed by atoms with van der Waals surface area (Å²) in [5.41, 5.74) is 5.03. The van der Waals surface area contributed by atoms with E-state index < -0.39 is 0 Å². The van der Waals surface area contributed by atoms with Crippen molar-refractivity contribution in [1.29, 1.82) is 0 Å². The molecule has 0 atom stereocenters. The molecule has 1 saturated heterocycles. The van der Waals surface area contributed by atoms with Crippen LogP contribution in [-0.2, 0) is 10.2 Å². The summed E-state index contributed by atoms with van der Waals surface area (Å²) in [6.45, 7) is 3.31. The fraction of sp³-hybridized carbons (Fsp3) is 0.320. The Morgan fingerprint density at radius 2 is 1.78 bits per heavy atom. The van der Waals surface area contributed by atoms with Gasteiger partial charge in [0.2, 0.25) is 5.95 Å². The van der Waals surface area contributed by atoms with Crippen molar-refractivity contribution in [3.8, 4) is 11.1 Å². The van der Waals surface area contributed by atoms with Crippen LogP contribution < -0.4 is 4.90 Å². The van der Waals surface area contributed by atoms with Gasteiger partial charge in [0.05, 0.1) is 13.2 Å². The maximum absolute atomic E-state index is 13.1. The molecule has 2 fully saturated rings. The maximum atomic E-state index is 13.1. The van der Waals surface area contributed by atoms with Crippen molar-refractivity contribution in [3.05, 3.63) is 71.0 Å². The van der Waals surface area contributed by atoms with Crippen LogP contribution in [0.15, 0.2) is 54.9 Å². The second-order valence-electron chi connectivity index (χ2n) is 8.75. The molecule has 3 aliphatic rings. The molecular weight excluding hydrogens is 424 g/mol. The van der Waals surface area contributed by atoms with E-state index in [2.05, 4.69) is 20.9 Å². The van der Waals surface area contributed by atoms with Gasteiger partial charge in [0.15, 0.2) is 0 Å². The number of ether oxygens (including phenoxy) is 1. The van der Waals surface area contributed by atoms with Crippen molar-refractivity contribution in [2.24, 2.45) is 0 Å². The maximum Gasteiger partial charge on any atom is 0.254 e. The van der Waals surface area contributed by atoms with Gasteiger partial charge in [0.1, 0.15) is 0 Å². The number of aromatic nitrogens is 2. The Labute approximate surface area is 191 Å². The van der Waals surface area contributed by atoms with Gasteiger partial charge in [0.25, 0.3) is 5.91 Å². The van der Waals surface area contributed by atoms with Crippen LogP contribution in [0.5, 0.6) is 0 Å². The summed E-state index contributed by atoms with van der Waals surface area (Å²) in [5, 5.41) is 0.679. The average Bonchev–Trinajstić information content (AvgIpc) is 3.56. The Bertz CT molecular complexity index is 1190. The Morgan fingerprint density at radius 1 is 1.03 bits per heavy atom. The fourth-order valence-corrected chi connectivity index (χ4v) is 5.06. The van der Waals surface area contributed by atoms with Gasteiger partial charge in [-0.05, 0) is 36.6 Å². The number of amides is 1. The SMILES string of the molecule is O=C(c1ccc2c(c1)N(c1ncc(-c3ccccc3Cl)cn1)CC21CC1)N1CCOCC1. The number of hydrogen-bond acceptors (Lipinski definition) is 5. The largest absolute Gasteiger partial charge is 0.378 e. The van der Waals surface area contributed by atoms with Gasteiger partial charge in [-0.2, -0.15) is 0 Å². The van der Waals surface area contributed by atoms with E-state index in [9.17, 15) is 4.79 Å². The first-order valence-electron chi connectivity index (χ1n) is 11.0. The highest BCUT2D eigenvalue weighted by atomic mass is 35.5. The molecule has 32 heavy (non-hydrogen) atoms. The van der Waals surface area contributed by atoms with E-state index in [-0.39, 0.29) is 11.3 Å². The summed E-state index contributed by atoms with van der Waals surface area (Å²) in [5.74, 6) is 0.713. The first-order chi connectivity index (χ1) is 15.6. The van der Waals surface area contributed by atoms with Gasteiger partial charge in [-0.25, -0.2) is 9.97 Å². The van der Waals surface area contributed by atoms with Crippen molar-refractivity contribution in [1.82, 2.24) is 14.9 Å². The summed E-state index contributed by atoms with van der Waals surface area (Å²) < 4.78 is 5.39. The lowest BCUT2D eigenvalue weighted by atomic mass is 9.97. The molecule has 1 spiro atoms. The highest BCUT2D eigenvalue weighted by molar-refractivity contribution is 6.33. The molecule has 2 aromatic carbocycles. The molecule has 7 heteroatoms. The zero-order valence-corrected chi connectivity index (χ0v) is 18.4. The highest BCUT2D eigenvalue weighted by Gasteiger charge is 2.52. The van der Waals surface area contributed by atoms with Crippen LogP contribution in [0.2, 0.25) is 5.02 Å². The van der Waals surface area contributed by atoms with Gasteiger partial charge in [0, 0.05) is 64.8 Å². The van der Waals surface area contributed by atoms with Crippen molar-refractivity contribution < 1.29 is 9.53 Å². The molecule has 0 bridgehead atoms. The van der Waals surface area contributed by atoms with Crippen molar-refractivity contribution >= 4 is 29.1 Å². The smallest absolute Gasteiger partial charge is 0.254 e. The molecule has 2 aliphatic heterocycles. The zero-order valence-electron chi connectivity index (χ0n) is 17.6. The molecule has 0 unspecified atom stereocenters. The van der Waals surface area contributed by atoms with Crippen molar-refractivity contribution in [2.75, 3.05) is 37.7 Å². The van der Waals surface area contributed by atoms with E-state index in [4.69, 9.17) is 16.3 Å². The molecule has 6 nitrogen and oxygen atoms in total. The van der Waals surface area contributed by atoms with Crippen LogP contribution in [0.1, 0.15) is 28.8 Å². The van der Waals surface area contributed by atoms with E-state index in [1.807, 2.05) is 53.7 Å². The molecule has 0 N–H and O–H groups in total. The van der Waals surface area contributed by atoms with Crippen LogP contribution in [0.4, 0.5) is 11.6 Å². The lowest BCUT2D eigenvalue weighted by Crippen LogP contribution is -2.40. The number of rotatable bonds is 3. The van der Waals surface area contributed by atoms with Gasteiger partial charge in [-0.3, -0.25) is 4.79 Å². The molecule has 1 amide bonds. The summed E-state index contributed by atoms with van der Waals surface area (Å²) in [6, 6.07) is 13.8. The minimum absolute atomic E-state index is 0.0581. The van der Waals surface area contributed by atoms with Gasteiger partial charge in [-0.1, -0.05) is 35.9 Å². The summed E-state index contributed by atoms with van der Waals surface area (Å²) in [4.78, 5) is 26.4. The molecule has 1 saturated carbocycles. The lowest BCUT2D eigenvalue weighted by molar-refractivity contribution is 0.0303. The third-order valence-corrected chi connectivity index (χ3v) is 7.11. The first-order valence-corrected chi connectivity index (χ1v) is 11.4. The fourth-order valence-electron chi connectivity index (χ4n) is 4.81. The van der Waals surface area contributed by atoms with Crippen LogP contribution in [0.25, 0.3) is 11.1 Å². The molecule has 3 heterocycles. The molecule has 162 valence electrons. The second kappa shape index (κ2) is 7.57. The molecule has 1 aliphatic carbocycles. The number of halogens is 1. The van der Waals surface area contributed by atoms with E-state index in [0.717, 1.165) is 36.2 Å². The van der Waals surface area contributed by atoms with Gasteiger partial charge >= 0.3 is 0 Å². The predicted octanol–water partition coefficient (Wildman–Crippen LogP) is 4.45. The van der Waals surface area contributed by atoms with Crippen molar-refractivity contribution in [2.45, 2.75) is 18.3 Å². The van der Waals surface area contributed by atoms with E-state index in [0.29, 0.717) is 42.8 Å². The Balaban J connectivity index is 1.33. The van der Waals surface area contributed by atoms with E-state index in [1.54, 1.807) is 0 Å². The number of fused-ring (bicyclic) bond motifs is 2. The number of nitrogens with zero attached hydrogens (tertiary/aromatic N) is 4. The van der Waals surface area contributed by atoms with Crippen molar-refractivity contribution in [3.63, 3.8) is 0 Å². The predicted molar refractivity (Wildman–Crippen MR) is 124 cm³/mol. The Kier molecular flexibility index (Phi) is 4.66. The number of morpholine rings is 1. The number of anilines is 2. The lowest BCUT2D eigenvalue weighted by Gasteiger charge is -2.27. The number of carbonyl (C=O) groups excluding carboxylic acids is 1. The van der Waals surface area contributed by atoms with Crippen LogP contribution in [0, 0.1) is 0 Å². The Morgan fingerprint density at radius 3 is 2.50 bits per heavy atom. The number of carbonyl (C=O) groups is 1. The quantitative estimate of drug-likeness (QED) is 0.594. The van der Waals surface area contributed by atoms with Gasteiger partial charge < -0.3 is 14.5 Å². The molecule has 6 rings (SSSR count). The zero-order chi connectivity index (χ0) is 21.7. The summed E-state index contributed by atoms with van der Waals surface area (Å²) in [6.07, 6.45) is 5.96. The minimum atomic E-state index is 0.0581. The van der Waals surface area contributed by atoms with Crippen LogP contribution in [-0.4, -0.2) is 53.6 Å². The number of benzene rings is 2. The van der Waals surface area contributed by atoms with E-state index in [1.165, 1.54) is 5.56 Å². The Hall–Kier alpha value is -2.96. The monoisotopic (exact) mass is 446 g/mol. The molecule has 0 radical (unpaired) electrons. The van der Waals surface area contributed by atoms with Gasteiger partial charge in [-0.15, -0.1) is 0 Å². The highest BCUT2D eigenvalue weighted by Crippen LogP contribution is 2.57. The van der Waals surface area contributed by atoms with E-state index >= 15 is 0 Å². The van der Waals surface area contributed by atoms with Crippen LogP contribution >= 0.6 is 11.6 Å². The summed E-state index contributed by atoms with van der Waals surface area (Å²) in [7, 11) is 0. The second-order valence-corrected chi connectivity index (χ2v) is 9.16. The third-order valence-electron chi connectivity index (χ3n) is 6.78. The molecule has 1 aromatic heterocycles. The normalized spacial score (nSPS) is 18.7. The van der Waals surface area contributed by atoms with Crippen LogP contribution in [0.3, 0.4) is 0 Å². The third kappa shape index (κ3) is 3.26. The minimum Gasteiger partial charge on any atom is -0.378 e. The molecule has 3 aromatic rings. The number of hydrogen-bond donors (Lipinski definition) is 0. The average molecular weight is 447 g/mol. The first kappa shape index (κ1) is 19.7. The summed E-state index contributed by atoms with van der Waals surface area (Å²) >= 11 is 6.34. The molecular formula is C25H23ClN4O2.